The van der Waals surface area contributed by atoms with Gasteiger partial charge < -0.3 is 15.1 Å². The Balaban J connectivity index is 1.97. The standard InChI is InChI=1S/C15H23N3O/c1-3-18(14-7-5-4-6-8-14)15(19)11-13-12-17(2)10-9-16-13/h4-8,13,16H,3,9-12H2,1-2H3. The molecule has 1 aliphatic rings. The lowest BCUT2D eigenvalue weighted by atomic mass is 10.1. The smallest absolute Gasteiger partial charge is 0.228 e. The number of likely N-dealkylation sites (N-methyl/N-ethyl adjacent to an activating group) is 1. The largest absolute Gasteiger partial charge is 0.313 e. The Hall–Kier alpha value is -1.39. The number of benzene rings is 1. The highest BCUT2D eigenvalue weighted by atomic mass is 16.2. The zero-order chi connectivity index (χ0) is 13.7. The quantitative estimate of drug-likeness (QED) is 0.888. The summed E-state index contributed by atoms with van der Waals surface area (Å²) in [6.07, 6.45) is 0.563. The molecule has 1 amide bonds. The van der Waals surface area contributed by atoms with Crippen LogP contribution in [0.4, 0.5) is 5.69 Å². The summed E-state index contributed by atoms with van der Waals surface area (Å²) in [6, 6.07) is 10.2. The van der Waals surface area contributed by atoms with Gasteiger partial charge in [0, 0.05) is 44.3 Å². The van der Waals surface area contributed by atoms with Crippen molar-refractivity contribution in [2.24, 2.45) is 0 Å². The number of nitrogens with one attached hydrogen (secondary N) is 1. The van der Waals surface area contributed by atoms with Crippen LogP contribution >= 0.6 is 0 Å². The lowest BCUT2D eigenvalue weighted by Crippen LogP contribution is -2.51. The number of rotatable bonds is 4. The summed E-state index contributed by atoms with van der Waals surface area (Å²) in [5, 5.41) is 3.42. The molecule has 4 nitrogen and oxygen atoms in total. The van der Waals surface area contributed by atoms with Crippen LogP contribution in [0.15, 0.2) is 30.3 Å². The minimum Gasteiger partial charge on any atom is -0.313 e. The highest BCUT2D eigenvalue weighted by Crippen LogP contribution is 2.15. The number of nitrogens with zero attached hydrogens (tertiary/aromatic N) is 2. The molecule has 0 aliphatic carbocycles. The molecule has 1 saturated heterocycles. The zero-order valence-corrected chi connectivity index (χ0v) is 11.8. The van der Waals surface area contributed by atoms with Crippen molar-refractivity contribution >= 4 is 11.6 Å². The topological polar surface area (TPSA) is 35.6 Å². The van der Waals surface area contributed by atoms with Gasteiger partial charge in [-0.2, -0.15) is 0 Å². The molecule has 1 atom stereocenters. The molecule has 1 unspecified atom stereocenters. The second-order valence-electron chi connectivity index (χ2n) is 5.09. The molecule has 104 valence electrons. The van der Waals surface area contributed by atoms with Crippen LogP contribution in [0.3, 0.4) is 0 Å². The van der Waals surface area contributed by atoms with E-state index in [2.05, 4.69) is 17.3 Å². The van der Waals surface area contributed by atoms with Crippen LogP contribution in [-0.4, -0.2) is 50.1 Å². The lowest BCUT2D eigenvalue weighted by molar-refractivity contribution is -0.119. The molecule has 0 saturated carbocycles. The monoisotopic (exact) mass is 261 g/mol. The van der Waals surface area contributed by atoms with Crippen molar-refractivity contribution in [3.63, 3.8) is 0 Å². The molecule has 19 heavy (non-hydrogen) atoms. The first kappa shape index (κ1) is 14.0. The molecule has 1 fully saturated rings. The Labute approximate surface area is 115 Å². The number of amides is 1. The molecular formula is C15H23N3O. The predicted molar refractivity (Wildman–Crippen MR) is 78.4 cm³/mol. The number of carbonyl (C=O) groups is 1. The maximum Gasteiger partial charge on any atom is 0.228 e. The molecule has 1 heterocycles. The third-order valence-electron chi connectivity index (χ3n) is 3.56. The number of hydrogen-bond donors (Lipinski definition) is 1. The van der Waals surface area contributed by atoms with Crippen molar-refractivity contribution < 1.29 is 4.79 Å². The maximum atomic E-state index is 12.4. The Kier molecular flexibility index (Phi) is 4.93. The second kappa shape index (κ2) is 6.68. The third kappa shape index (κ3) is 3.78. The van der Waals surface area contributed by atoms with Gasteiger partial charge in [-0.25, -0.2) is 0 Å². The van der Waals surface area contributed by atoms with Gasteiger partial charge >= 0.3 is 0 Å². The summed E-state index contributed by atoms with van der Waals surface area (Å²) in [4.78, 5) is 16.5. The fourth-order valence-electron chi connectivity index (χ4n) is 2.56. The molecule has 1 aliphatic heterocycles. The van der Waals surface area contributed by atoms with Crippen molar-refractivity contribution in [3.05, 3.63) is 30.3 Å². The maximum absolute atomic E-state index is 12.4. The van der Waals surface area contributed by atoms with Crippen LogP contribution in [0.25, 0.3) is 0 Å². The van der Waals surface area contributed by atoms with Crippen LogP contribution in [0, 0.1) is 0 Å². The molecule has 2 rings (SSSR count). The fraction of sp³-hybridized carbons (Fsp3) is 0.533. The Bertz CT molecular complexity index is 407. The molecule has 1 aromatic carbocycles. The van der Waals surface area contributed by atoms with Crippen molar-refractivity contribution in [3.8, 4) is 0 Å². The number of carbonyl (C=O) groups excluding carboxylic acids is 1. The van der Waals surface area contributed by atoms with Gasteiger partial charge in [-0.05, 0) is 26.1 Å². The van der Waals surface area contributed by atoms with Crippen molar-refractivity contribution in [2.75, 3.05) is 38.1 Å². The normalized spacial score (nSPS) is 20.2. The van der Waals surface area contributed by atoms with Crippen LogP contribution in [-0.2, 0) is 4.79 Å². The molecule has 0 spiro atoms. The van der Waals surface area contributed by atoms with E-state index < -0.39 is 0 Å². The first-order valence-corrected chi connectivity index (χ1v) is 6.98. The fourth-order valence-corrected chi connectivity index (χ4v) is 2.56. The van der Waals surface area contributed by atoms with E-state index in [1.807, 2.05) is 42.2 Å². The van der Waals surface area contributed by atoms with E-state index in [0.29, 0.717) is 13.0 Å². The van der Waals surface area contributed by atoms with E-state index in [-0.39, 0.29) is 11.9 Å². The van der Waals surface area contributed by atoms with Gasteiger partial charge in [0.1, 0.15) is 0 Å². The first-order chi connectivity index (χ1) is 9.20. The Morgan fingerprint density at radius 2 is 2.16 bits per heavy atom. The lowest BCUT2D eigenvalue weighted by Gasteiger charge is -2.32. The zero-order valence-electron chi connectivity index (χ0n) is 11.8. The van der Waals surface area contributed by atoms with Gasteiger partial charge in [-0.15, -0.1) is 0 Å². The Morgan fingerprint density at radius 3 is 2.79 bits per heavy atom. The van der Waals surface area contributed by atoms with E-state index in [9.17, 15) is 4.79 Å². The average molecular weight is 261 g/mol. The number of anilines is 1. The summed E-state index contributed by atoms with van der Waals surface area (Å²) in [5.41, 5.74) is 0.985. The number of hydrogen-bond acceptors (Lipinski definition) is 3. The minimum absolute atomic E-state index is 0.196. The molecular weight excluding hydrogens is 238 g/mol. The highest BCUT2D eigenvalue weighted by Gasteiger charge is 2.22. The van der Waals surface area contributed by atoms with Gasteiger partial charge in [-0.3, -0.25) is 4.79 Å². The summed E-state index contributed by atoms with van der Waals surface area (Å²) in [7, 11) is 2.10. The molecule has 0 radical (unpaired) electrons. The summed E-state index contributed by atoms with van der Waals surface area (Å²) in [5.74, 6) is 0.196. The summed E-state index contributed by atoms with van der Waals surface area (Å²) >= 11 is 0. The van der Waals surface area contributed by atoms with E-state index in [1.54, 1.807) is 0 Å². The number of para-hydroxylation sites is 1. The highest BCUT2D eigenvalue weighted by molar-refractivity contribution is 5.93. The Morgan fingerprint density at radius 1 is 1.42 bits per heavy atom. The van der Waals surface area contributed by atoms with Crippen molar-refractivity contribution in [1.82, 2.24) is 10.2 Å². The SMILES string of the molecule is CCN(C(=O)CC1CN(C)CCN1)c1ccccc1. The van der Waals surface area contributed by atoms with Crippen molar-refractivity contribution in [1.29, 1.82) is 0 Å². The minimum atomic E-state index is 0.196. The number of piperazine rings is 1. The summed E-state index contributed by atoms with van der Waals surface area (Å²) < 4.78 is 0. The van der Waals surface area contributed by atoms with Gasteiger partial charge in [0.15, 0.2) is 0 Å². The average Bonchev–Trinajstić information content (AvgIpc) is 2.41. The van der Waals surface area contributed by atoms with Crippen LogP contribution in [0.2, 0.25) is 0 Å². The van der Waals surface area contributed by atoms with Crippen molar-refractivity contribution in [2.45, 2.75) is 19.4 Å². The van der Waals surface area contributed by atoms with Gasteiger partial charge in [-0.1, -0.05) is 18.2 Å². The van der Waals surface area contributed by atoms with Crippen LogP contribution in [0.5, 0.6) is 0 Å². The van der Waals surface area contributed by atoms with E-state index >= 15 is 0 Å². The second-order valence-corrected chi connectivity index (χ2v) is 5.09. The molecule has 1 N–H and O–H groups in total. The van der Waals surface area contributed by atoms with E-state index in [0.717, 1.165) is 25.3 Å². The van der Waals surface area contributed by atoms with Gasteiger partial charge in [0.25, 0.3) is 0 Å². The molecule has 4 heteroatoms. The first-order valence-electron chi connectivity index (χ1n) is 6.98. The summed E-state index contributed by atoms with van der Waals surface area (Å²) in [6.45, 7) is 5.70. The van der Waals surface area contributed by atoms with Crippen LogP contribution in [0.1, 0.15) is 13.3 Å². The van der Waals surface area contributed by atoms with Gasteiger partial charge in [0.2, 0.25) is 5.91 Å². The van der Waals surface area contributed by atoms with E-state index in [1.165, 1.54) is 0 Å². The third-order valence-corrected chi connectivity index (χ3v) is 3.56. The van der Waals surface area contributed by atoms with Crippen LogP contribution < -0.4 is 10.2 Å². The van der Waals surface area contributed by atoms with E-state index in [4.69, 9.17) is 0 Å². The predicted octanol–water partition coefficient (Wildman–Crippen LogP) is 1.33. The van der Waals surface area contributed by atoms with Gasteiger partial charge in [0.05, 0.1) is 0 Å². The molecule has 0 aromatic heterocycles. The molecule has 1 aromatic rings. The molecule has 0 bridgehead atoms.